The number of hydrogen-bond acceptors (Lipinski definition) is 2. The lowest BCUT2D eigenvalue weighted by Gasteiger charge is -2.21. The van der Waals surface area contributed by atoms with Crippen LogP contribution in [0.25, 0.3) is 11.0 Å². The fourth-order valence-corrected chi connectivity index (χ4v) is 2.82. The van der Waals surface area contributed by atoms with Gasteiger partial charge in [0.2, 0.25) is 5.91 Å². The molecule has 124 valence electrons. The van der Waals surface area contributed by atoms with Crippen molar-refractivity contribution in [2.45, 2.75) is 39.3 Å². The molecule has 1 aromatic heterocycles. The minimum Gasteiger partial charge on any atom is -0.350 e. The normalized spacial score (nSPS) is 11.6. The first-order valence-electron chi connectivity index (χ1n) is 8.21. The van der Waals surface area contributed by atoms with E-state index in [4.69, 9.17) is 4.98 Å². The van der Waals surface area contributed by atoms with Gasteiger partial charge >= 0.3 is 0 Å². The third-order valence-corrected chi connectivity index (χ3v) is 3.75. The summed E-state index contributed by atoms with van der Waals surface area (Å²) in [6.07, 6.45) is 0.707. The Labute approximate surface area is 142 Å². The molecule has 0 bridgehead atoms. The van der Waals surface area contributed by atoms with Gasteiger partial charge in [-0.3, -0.25) is 4.79 Å². The van der Waals surface area contributed by atoms with Crippen molar-refractivity contribution in [1.82, 2.24) is 14.9 Å². The molecular weight excluding hydrogens is 298 g/mol. The second-order valence-electron chi connectivity index (χ2n) is 7.06. The van der Waals surface area contributed by atoms with E-state index in [1.807, 2.05) is 67.8 Å². The van der Waals surface area contributed by atoms with Crippen LogP contribution in [0.1, 0.15) is 32.2 Å². The van der Waals surface area contributed by atoms with Crippen molar-refractivity contribution >= 4 is 16.9 Å². The van der Waals surface area contributed by atoms with Crippen molar-refractivity contribution in [3.63, 3.8) is 0 Å². The zero-order valence-corrected chi connectivity index (χ0v) is 14.4. The van der Waals surface area contributed by atoms with E-state index >= 15 is 0 Å². The Hall–Kier alpha value is -2.62. The molecule has 4 nitrogen and oxygen atoms in total. The molecule has 0 aliphatic carbocycles. The maximum absolute atomic E-state index is 12.4. The van der Waals surface area contributed by atoms with Gasteiger partial charge in [0.1, 0.15) is 12.4 Å². The van der Waals surface area contributed by atoms with E-state index in [0.29, 0.717) is 6.42 Å². The van der Waals surface area contributed by atoms with Crippen molar-refractivity contribution < 1.29 is 4.79 Å². The van der Waals surface area contributed by atoms with Crippen LogP contribution in [0.5, 0.6) is 0 Å². The third kappa shape index (κ3) is 3.82. The number of para-hydroxylation sites is 2. The molecule has 4 heteroatoms. The molecule has 1 amide bonds. The van der Waals surface area contributed by atoms with Gasteiger partial charge in [-0.1, -0.05) is 42.5 Å². The van der Waals surface area contributed by atoms with Gasteiger partial charge in [0.15, 0.2) is 0 Å². The zero-order chi connectivity index (χ0) is 17.2. The first-order chi connectivity index (χ1) is 11.4. The molecule has 1 N–H and O–H groups in total. The maximum Gasteiger partial charge on any atom is 0.240 e. The van der Waals surface area contributed by atoms with Gasteiger partial charge in [-0.15, -0.1) is 0 Å². The second kappa shape index (κ2) is 6.48. The minimum atomic E-state index is -0.243. The van der Waals surface area contributed by atoms with E-state index in [1.54, 1.807) is 0 Å². The lowest BCUT2D eigenvalue weighted by atomic mass is 10.1. The number of carbonyl (C=O) groups excluding carboxylic acids is 1. The summed E-state index contributed by atoms with van der Waals surface area (Å²) in [6.45, 7) is 6.24. The predicted molar refractivity (Wildman–Crippen MR) is 96.9 cm³/mol. The van der Waals surface area contributed by atoms with Crippen LogP contribution in [0.2, 0.25) is 0 Å². The topological polar surface area (TPSA) is 46.9 Å². The summed E-state index contributed by atoms with van der Waals surface area (Å²) in [4.78, 5) is 17.2. The summed E-state index contributed by atoms with van der Waals surface area (Å²) >= 11 is 0. The molecule has 0 aliphatic heterocycles. The number of rotatable bonds is 4. The average Bonchev–Trinajstić information content (AvgIpc) is 2.84. The lowest BCUT2D eigenvalue weighted by molar-refractivity contribution is -0.123. The SMILES string of the molecule is CC(C)(C)NC(=O)Cn1c(Cc2ccccc2)nc2ccccc21. The summed E-state index contributed by atoms with van der Waals surface area (Å²) in [5.41, 5.74) is 2.86. The zero-order valence-electron chi connectivity index (χ0n) is 14.4. The van der Waals surface area contributed by atoms with Gasteiger partial charge in [0, 0.05) is 12.0 Å². The average molecular weight is 321 g/mol. The van der Waals surface area contributed by atoms with Crippen molar-refractivity contribution in [2.75, 3.05) is 0 Å². The van der Waals surface area contributed by atoms with E-state index in [0.717, 1.165) is 16.9 Å². The largest absolute Gasteiger partial charge is 0.350 e. The Morgan fingerprint density at radius 3 is 2.42 bits per heavy atom. The second-order valence-corrected chi connectivity index (χ2v) is 7.06. The highest BCUT2D eigenvalue weighted by Gasteiger charge is 2.17. The molecule has 1 heterocycles. The highest BCUT2D eigenvalue weighted by atomic mass is 16.2. The van der Waals surface area contributed by atoms with Crippen LogP contribution >= 0.6 is 0 Å². The maximum atomic E-state index is 12.4. The first-order valence-corrected chi connectivity index (χ1v) is 8.21. The lowest BCUT2D eigenvalue weighted by Crippen LogP contribution is -2.42. The Kier molecular flexibility index (Phi) is 4.38. The number of nitrogens with one attached hydrogen (secondary N) is 1. The Morgan fingerprint density at radius 1 is 1.04 bits per heavy atom. The summed E-state index contributed by atoms with van der Waals surface area (Å²) in [5, 5.41) is 3.03. The fraction of sp³-hybridized carbons (Fsp3) is 0.300. The van der Waals surface area contributed by atoms with E-state index < -0.39 is 0 Å². The number of hydrogen-bond donors (Lipinski definition) is 1. The summed E-state index contributed by atoms with van der Waals surface area (Å²) in [5.74, 6) is 0.909. The molecule has 0 radical (unpaired) electrons. The molecule has 0 spiro atoms. The van der Waals surface area contributed by atoms with Crippen molar-refractivity contribution in [2.24, 2.45) is 0 Å². The highest BCUT2D eigenvalue weighted by Crippen LogP contribution is 2.18. The third-order valence-electron chi connectivity index (χ3n) is 3.75. The van der Waals surface area contributed by atoms with Gasteiger partial charge in [0.25, 0.3) is 0 Å². The molecule has 3 aromatic rings. The molecule has 2 aromatic carbocycles. The van der Waals surface area contributed by atoms with Gasteiger partial charge in [-0.05, 0) is 38.5 Å². The Bertz CT molecular complexity index is 844. The van der Waals surface area contributed by atoms with Gasteiger partial charge in [0.05, 0.1) is 11.0 Å². The highest BCUT2D eigenvalue weighted by molar-refractivity contribution is 5.81. The number of nitrogens with zero attached hydrogens (tertiary/aromatic N) is 2. The molecule has 3 rings (SSSR count). The standard InChI is InChI=1S/C20H23N3O/c1-20(2,3)22-19(24)14-23-17-12-8-7-11-16(17)21-18(23)13-15-9-5-4-6-10-15/h4-12H,13-14H2,1-3H3,(H,22,24). The van der Waals surface area contributed by atoms with Gasteiger partial charge < -0.3 is 9.88 Å². The molecule has 0 aliphatic rings. The smallest absolute Gasteiger partial charge is 0.240 e. The molecule has 0 saturated heterocycles. The Morgan fingerprint density at radius 2 is 1.71 bits per heavy atom. The minimum absolute atomic E-state index is 0.0000326. The van der Waals surface area contributed by atoms with Crippen molar-refractivity contribution in [1.29, 1.82) is 0 Å². The van der Waals surface area contributed by atoms with Gasteiger partial charge in [-0.25, -0.2) is 4.98 Å². The molecule has 0 fully saturated rings. The van der Waals surface area contributed by atoms with Crippen LogP contribution in [-0.4, -0.2) is 21.0 Å². The van der Waals surface area contributed by atoms with Crippen LogP contribution in [0.4, 0.5) is 0 Å². The molecule has 24 heavy (non-hydrogen) atoms. The summed E-state index contributed by atoms with van der Waals surface area (Å²) in [6, 6.07) is 18.2. The van der Waals surface area contributed by atoms with Crippen LogP contribution in [0.15, 0.2) is 54.6 Å². The number of benzene rings is 2. The number of amides is 1. The summed E-state index contributed by atoms with van der Waals surface area (Å²) < 4.78 is 2.02. The van der Waals surface area contributed by atoms with Crippen molar-refractivity contribution in [3.8, 4) is 0 Å². The Balaban J connectivity index is 1.95. The number of aromatic nitrogens is 2. The van der Waals surface area contributed by atoms with Crippen LogP contribution < -0.4 is 5.32 Å². The van der Waals surface area contributed by atoms with E-state index in [9.17, 15) is 4.79 Å². The molecular formula is C20H23N3O. The predicted octanol–water partition coefficient (Wildman–Crippen LogP) is 3.54. The van der Waals surface area contributed by atoms with Crippen LogP contribution in [0.3, 0.4) is 0 Å². The quantitative estimate of drug-likeness (QED) is 0.799. The number of fused-ring (bicyclic) bond motifs is 1. The number of imidazole rings is 1. The van der Waals surface area contributed by atoms with Crippen LogP contribution in [0, 0.1) is 0 Å². The van der Waals surface area contributed by atoms with E-state index in [1.165, 1.54) is 5.56 Å². The van der Waals surface area contributed by atoms with E-state index in [2.05, 4.69) is 17.4 Å². The summed E-state index contributed by atoms with van der Waals surface area (Å²) in [7, 11) is 0. The van der Waals surface area contributed by atoms with Crippen LogP contribution in [-0.2, 0) is 17.8 Å². The monoisotopic (exact) mass is 321 g/mol. The molecule has 0 atom stereocenters. The first kappa shape index (κ1) is 16.2. The van der Waals surface area contributed by atoms with E-state index in [-0.39, 0.29) is 18.0 Å². The molecule has 0 saturated carbocycles. The number of carbonyl (C=O) groups is 1. The fourth-order valence-electron chi connectivity index (χ4n) is 2.82. The van der Waals surface area contributed by atoms with Gasteiger partial charge in [-0.2, -0.15) is 0 Å². The molecule has 0 unspecified atom stereocenters. The van der Waals surface area contributed by atoms with Crippen molar-refractivity contribution in [3.05, 3.63) is 66.0 Å².